The van der Waals surface area contributed by atoms with Crippen LogP contribution >= 0.6 is 0 Å². The molecular formula is C58H40. The number of hydrogen-bond acceptors (Lipinski definition) is 0. The molecule has 0 nitrogen and oxygen atoms in total. The zero-order valence-corrected chi connectivity index (χ0v) is 33.7. The minimum absolute atomic E-state index is 0.112. The highest BCUT2D eigenvalue weighted by atomic mass is 14.4. The second-order valence-electron chi connectivity index (χ2n) is 19.5. The van der Waals surface area contributed by atoms with Crippen LogP contribution in [-0.4, -0.2) is 0 Å². The molecular weight excluding hydrogens is 697 g/mol. The number of fused-ring (bicyclic) bond motifs is 11. The van der Waals surface area contributed by atoms with E-state index in [2.05, 4.69) is 175 Å². The predicted molar refractivity (Wildman–Crippen MR) is 256 cm³/mol. The third kappa shape index (κ3) is 3.53. The first-order valence-corrected chi connectivity index (χ1v) is 21.0. The van der Waals surface area contributed by atoms with Crippen LogP contribution in [0.2, 0.25) is 0 Å². The van der Waals surface area contributed by atoms with Gasteiger partial charge in [0.1, 0.15) is 0 Å². The largest absolute Gasteiger partial charge is 0.0610 e. The summed E-state index contributed by atoms with van der Waals surface area (Å²) in [6.45, 7) is 14.6. The van der Waals surface area contributed by atoms with Gasteiger partial charge in [-0.25, -0.2) is 0 Å². The van der Waals surface area contributed by atoms with E-state index in [9.17, 15) is 0 Å². The van der Waals surface area contributed by atoms with Gasteiger partial charge in [0.05, 0.1) is 0 Å². The van der Waals surface area contributed by atoms with Crippen LogP contribution in [0, 0.1) is 0 Å². The van der Waals surface area contributed by atoms with Crippen LogP contribution in [0.25, 0.3) is 140 Å². The van der Waals surface area contributed by atoms with Crippen molar-refractivity contribution in [1.29, 1.82) is 0 Å². The number of benzene rings is 12. The van der Waals surface area contributed by atoms with Crippen LogP contribution in [0.5, 0.6) is 0 Å². The molecule has 14 aromatic carbocycles. The van der Waals surface area contributed by atoms with Gasteiger partial charge in [0, 0.05) is 0 Å². The third-order valence-electron chi connectivity index (χ3n) is 14.4. The Morgan fingerprint density at radius 3 is 0.793 bits per heavy atom. The molecule has 0 atom stereocenters. The third-order valence-corrected chi connectivity index (χ3v) is 14.4. The Morgan fingerprint density at radius 1 is 0.224 bits per heavy atom. The van der Waals surface area contributed by atoms with Crippen LogP contribution in [0.15, 0.2) is 133 Å². The maximum atomic E-state index is 2.61. The highest BCUT2D eigenvalue weighted by molar-refractivity contribution is 6.45. The molecule has 58 heavy (non-hydrogen) atoms. The minimum Gasteiger partial charge on any atom is -0.0610 e. The first kappa shape index (κ1) is 31.6. The lowest BCUT2D eigenvalue weighted by Gasteiger charge is -2.30. The van der Waals surface area contributed by atoms with E-state index in [0.29, 0.717) is 0 Å². The minimum atomic E-state index is -0.112. The molecule has 0 aliphatic heterocycles. The molecule has 272 valence electrons. The van der Waals surface area contributed by atoms with Gasteiger partial charge in [0.2, 0.25) is 0 Å². The van der Waals surface area contributed by atoms with E-state index in [1.54, 1.807) is 0 Å². The van der Waals surface area contributed by atoms with Gasteiger partial charge in [-0.05, 0) is 174 Å². The second-order valence-corrected chi connectivity index (χ2v) is 19.5. The average molecular weight is 737 g/mol. The molecule has 0 fully saturated rings. The van der Waals surface area contributed by atoms with Crippen LogP contribution in [-0.2, 0) is 10.8 Å². The van der Waals surface area contributed by atoms with Crippen molar-refractivity contribution in [2.75, 3.05) is 0 Å². The molecule has 0 spiro atoms. The Kier molecular flexibility index (Phi) is 5.42. The second kappa shape index (κ2) is 9.95. The summed E-state index contributed by atoms with van der Waals surface area (Å²) in [5.41, 5.74) is 2.70. The van der Waals surface area contributed by atoms with Crippen molar-refractivity contribution in [2.45, 2.75) is 52.4 Å². The summed E-state index contributed by atoms with van der Waals surface area (Å²) < 4.78 is 0. The Hall–Kier alpha value is -6.50. The summed E-state index contributed by atoms with van der Waals surface area (Å²) in [7, 11) is 0. The van der Waals surface area contributed by atoms with Gasteiger partial charge in [-0.15, -0.1) is 0 Å². The van der Waals surface area contributed by atoms with Crippen molar-refractivity contribution in [3.05, 3.63) is 145 Å². The maximum Gasteiger partial charge on any atom is -0.00137 e. The normalized spacial score (nSPS) is 13.7. The highest BCUT2D eigenvalue weighted by Gasteiger charge is 2.33. The van der Waals surface area contributed by atoms with Gasteiger partial charge in [-0.3, -0.25) is 0 Å². The number of hydrogen-bond donors (Lipinski definition) is 0. The fourth-order valence-electron chi connectivity index (χ4n) is 12.4. The van der Waals surface area contributed by atoms with Crippen molar-refractivity contribution in [3.8, 4) is 0 Å². The van der Waals surface area contributed by atoms with Crippen LogP contribution in [0.1, 0.15) is 52.7 Å². The van der Waals surface area contributed by atoms with Gasteiger partial charge in [-0.1, -0.05) is 163 Å². The molecule has 0 saturated carbocycles. The van der Waals surface area contributed by atoms with E-state index in [-0.39, 0.29) is 10.8 Å². The smallest absolute Gasteiger partial charge is 0.00137 e. The van der Waals surface area contributed by atoms with E-state index in [1.165, 1.54) is 151 Å². The first-order valence-electron chi connectivity index (χ1n) is 21.0. The van der Waals surface area contributed by atoms with Crippen molar-refractivity contribution < 1.29 is 0 Å². The molecule has 0 unspecified atom stereocenters. The number of rotatable bonds is 0. The highest BCUT2D eigenvalue weighted by Crippen LogP contribution is 2.55. The molecule has 0 aliphatic carbocycles. The summed E-state index contributed by atoms with van der Waals surface area (Å²) in [6.07, 6.45) is 0. The molecule has 0 aliphatic rings. The summed E-state index contributed by atoms with van der Waals surface area (Å²) in [5, 5.41) is 35.8. The van der Waals surface area contributed by atoms with Gasteiger partial charge in [0.15, 0.2) is 0 Å². The van der Waals surface area contributed by atoms with Crippen molar-refractivity contribution in [1.82, 2.24) is 0 Å². The lowest BCUT2D eigenvalue weighted by atomic mass is 9.74. The van der Waals surface area contributed by atoms with E-state index in [0.717, 1.165) is 0 Å². The Labute approximate surface area is 335 Å². The monoisotopic (exact) mass is 736 g/mol. The molecule has 0 amide bonds. The van der Waals surface area contributed by atoms with Crippen molar-refractivity contribution in [2.24, 2.45) is 0 Å². The summed E-state index contributed by atoms with van der Waals surface area (Å²) in [5.74, 6) is 0. The first-order chi connectivity index (χ1) is 28.1. The van der Waals surface area contributed by atoms with E-state index >= 15 is 0 Å². The molecule has 0 radical (unpaired) electrons. The van der Waals surface area contributed by atoms with Crippen molar-refractivity contribution in [3.63, 3.8) is 0 Å². The molecule has 0 heteroatoms. The summed E-state index contributed by atoms with van der Waals surface area (Å²) in [6, 6.07) is 52.0. The fraction of sp³-hybridized carbons (Fsp3) is 0.138. The SMILES string of the molecule is CC(C)(C)c1c2cc3c(cc2c(C(C)(C)C)c2c4ccc5c6cccc7cccc(c8ccc(c12)c4c85)c76)c1ccc2c4cccc5cccc(c6ccc3c1c62)c54. The van der Waals surface area contributed by atoms with E-state index in [4.69, 9.17) is 0 Å². The topological polar surface area (TPSA) is 0 Å². The van der Waals surface area contributed by atoms with Gasteiger partial charge in [0.25, 0.3) is 0 Å². The zero-order chi connectivity index (χ0) is 38.7. The van der Waals surface area contributed by atoms with Crippen LogP contribution in [0.4, 0.5) is 0 Å². The Bertz CT molecular complexity index is 3870. The predicted octanol–water partition coefficient (Wildman–Crippen LogP) is 17.0. The zero-order valence-electron chi connectivity index (χ0n) is 33.7. The van der Waals surface area contributed by atoms with E-state index in [1.807, 2.05) is 0 Å². The summed E-state index contributed by atoms with van der Waals surface area (Å²) >= 11 is 0. The molecule has 0 saturated heterocycles. The lowest BCUT2D eigenvalue weighted by molar-refractivity contribution is 0.594. The van der Waals surface area contributed by atoms with E-state index < -0.39 is 0 Å². The quantitative estimate of drug-likeness (QED) is 0.107. The standard InChI is InChI=1S/C58H40/c1-57(2,3)55-45-27-43-39-21-19-35-31-15-7-11-29-12-8-16-32(47(29)31)36-20-22-40(51(39)49(35)36)44(43)28-46(45)56(58(4,5)6)54-42-26-24-38-34-18-10-14-30-13-9-17-33(48(30)34)37-23-25-41(53(54)55)52(42)50(37)38/h7-28H,1-6H3. The van der Waals surface area contributed by atoms with Crippen LogP contribution in [0.3, 0.4) is 0 Å². The molecule has 0 heterocycles. The van der Waals surface area contributed by atoms with Crippen molar-refractivity contribution >= 4 is 140 Å². The lowest BCUT2D eigenvalue weighted by Crippen LogP contribution is -2.17. The molecule has 0 bridgehead atoms. The Morgan fingerprint density at radius 2 is 0.483 bits per heavy atom. The summed E-state index contributed by atoms with van der Waals surface area (Å²) in [4.78, 5) is 0. The molecule has 14 rings (SSSR count). The molecule has 14 aromatic rings. The maximum absolute atomic E-state index is 2.61. The van der Waals surface area contributed by atoms with Crippen LogP contribution < -0.4 is 0 Å². The van der Waals surface area contributed by atoms with Gasteiger partial charge < -0.3 is 0 Å². The van der Waals surface area contributed by atoms with Gasteiger partial charge >= 0.3 is 0 Å². The Balaban J connectivity index is 1.22. The average Bonchev–Trinajstić information content (AvgIpc) is 3.71. The fourth-order valence-corrected chi connectivity index (χ4v) is 12.4. The molecule has 0 aromatic heterocycles. The molecule has 0 N–H and O–H groups in total. The van der Waals surface area contributed by atoms with Gasteiger partial charge in [-0.2, -0.15) is 0 Å².